The molecule has 0 unspecified atom stereocenters. The molecule has 2 aromatic rings. The molecule has 0 heterocycles. The fourth-order valence-electron chi connectivity index (χ4n) is 1.89. The SMILES string of the molecule is Cc1cc(S(=O)(=O)Cl)c(C)cc1Cl.O=S(=O)(Cl)c1ccc(C(F)(F)F)cc1Cl. The average Bonchev–Trinajstić information content (AvgIpc) is 2.48. The van der Waals surface area contributed by atoms with Gasteiger partial charge in [0.05, 0.1) is 15.5 Å². The Kier molecular flexibility index (Phi) is 8.12. The molecule has 0 atom stereocenters. The van der Waals surface area contributed by atoms with Crippen molar-refractivity contribution in [3.05, 3.63) is 57.1 Å². The van der Waals surface area contributed by atoms with Crippen molar-refractivity contribution in [3.63, 3.8) is 0 Å². The molecule has 0 N–H and O–H groups in total. The van der Waals surface area contributed by atoms with Gasteiger partial charge in [0, 0.05) is 26.4 Å². The maximum absolute atomic E-state index is 12.2. The van der Waals surface area contributed by atoms with E-state index < -0.39 is 39.8 Å². The maximum atomic E-state index is 12.2. The van der Waals surface area contributed by atoms with Crippen molar-refractivity contribution in [3.8, 4) is 0 Å². The van der Waals surface area contributed by atoms with Crippen molar-refractivity contribution in [1.29, 1.82) is 0 Å². The summed E-state index contributed by atoms with van der Waals surface area (Å²) < 4.78 is 80.2. The van der Waals surface area contributed by atoms with Crippen LogP contribution < -0.4 is 0 Å². The second-order valence-electron chi connectivity index (χ2n) is 5.39. The van der Waals surface area contributed by atoms with Gasteiger partial charge < -0.3 is 0 Å². The van der Waals surface area contributed by atoms with Gasteiger partial charge in [-0.25, -0.2) is 16.8 Å². The molecule has 0 aliphatic rings. The first kappa shape index (κ1) is 25.3. The van der Waals surface area contributed by atoms with E-state index in [1.807, 2.05) is 0 Å². The second-order valence-corrected chi connectivity index (χ2v) is 11.3. The maximum Gasteiger partial charge on any atom is 0.416 e. The predicted octanol–water partition coefficient (Wildman–Crippen LogP) is 6.17. The lowest BCUT2D eigenvalue weighted by molar-refractivity contribution is -0.137. The van der Waals surface area contributed by atoms with E-state index in [1.54, 1.807) is 19.9 Å². The van der Waals surface area contributed by atoms with Crippen LogP contribution in [0.5, 0.6) is 0 Å². The third-order valence-electron chi connectivity index (χ3n) is 3.24. The smallest absolute Gasteiger partial charge is 0.207 e. The number of hydrogen-bond acceptors (Lipinski definition) is 4. The van der Waals surface area contributed by atoms with Crippen LogP contribution in [-0.2, 0) is 24.3 Å². The molecule has 0 radical (unpaired) electrons. The van der Waals surface area contributed by atoms with Crippen molar-refractivity contribution in [2.24, 2.45) is 0 Å². The minimum Gasteiger partial charge on any atom is -0.207 e. The van der Waals surface area contributed by atoms with Crippen LogP contribution in [0.4, 0.5) is 13.2 Å². The first-order chi connectivity index (χ1) is 12.4. The van der Waals surface area contributed by atoms with Crippen LogP contribution in [0.25, 0.3) is 0 Å². The summed E-state index contributed by atoms with van der Waals surface area (Å²) in [7, 11) is 2.37. The summed E-state index contributed by atoms with van der Waals surface area (Å²) in [6.07, 6.45) is -4.57. The van der Waals surface area contributed by atoms with Crippen molar-refractivity contribution in [2.75, 3.05) is 0 Å². The quantitative estimate of drug-likeness (QED) is 0.446. The Bertz CT molecular complexity index is 1100. The Hall–Kier alpha value is -0.710. The summed E-state index contributed by atoms with van der Waals surface area (Å²) in [6.45, 7) is 3.38. The molecule has 13 heteroatoms. The second kappa shape index (κ2) is 8.97. The average molecular weight is 518 g/mol. The minimum atomic E-state index is -4.57. The van der Waals surface area contributed by atoms with Crippen molar-refractivity contribution in [2.45, 2.75) is 29.8 Å². The third-order valence-corrected chi connectivity index (χ3v) is 6.92. The van der Waals surface area contributed by atoms with Gasteiger partial charge >= 0.3 is 6.18 Å². The molecule has 0 amide bonds. The lowest BCUT2D eigenvalue weighted by Crippen LogP contribution is -2.05. The lowest BCUT2D eigenvalue weighted by atomic mass is 10.2. The van der Waals surface area contributed by atoms with Crippen LogP contribution in [0.3, 0.4) is 0 Å². The van der Waals surface area contributed by atoms with Gasteiger partial charge in [-0.2, -0.15) is 13.2 Å². The Morgan fingerprint density at radius 1 is 0.750 bits per heavy atom. The highest BCUT2D eigenvalue weighted by atomic mass is 35.7. The molecule has 0 bridgehead atoms. The van der Waals surface area contributed by atoms with Gasteiger partial charge in [0.1, 0.15) is 4.90 Å². The molecule has 2 rings (SSSR count). The Balaban J connectivity index is 0.000000283. The highest BCUT2D eigenvalue weighted by Gasteiger charge is 2.31. The van der Waals surface area contributed by atoms with E-state index in [-0.39, 0.29) is 4.90 Å². The van der Waals surface area contributed by atoms with Crippen LogP contribution in [0.2, 0.25) is 10.0 Å². The van der Waals surface area contributed by atoms with E-state index in [4.69, 9.17) is 44.6 Å². The third kappa shape index (κ3) is 6.96. The molecule has 4 nitrogen and oxygen atoms in total. The van der Waals surface area contributed by atoms with Crippen LogP contribution >= 0.6 is 44.6 Å². The van der Waals surface area contributed by atoms with Crippen LogP contribution in [-0.4, -0.2) is 16.8 Å². The van der Waals surface area contributed by atoms with Crippen molar-refractivity contribution < 1.29 is 30.0 Å². The summed E-state index contributed by atoms with van der Waals surface area (Å²) in [5, 5.41) is -0.0126. The van der Waals surface area contributed by atoms with E-state index in [0.29, 0.717) is 34.3 Å². The molecular formula is C15H11Cl4F3O4S2. The summed E-state index contributed by atoms with van der Waals surface area (Å²) in [5.41, 5.74) is 0.230. The van der Waals surface area contributed by atoms with Crippen LogP contribution in [0.15, 0.2) is 40.1 Å². The van der Waals surface area contributed by atoms with Gasteiger partial charge in [0.2, 0.25) is 0 Å². The van der Waals surface area contributed by atoms with Crippen molar-refractivity contribution in [1.82, 2.24) is 0 Å². The summed E-state index contributed by atoms with van der Waals surface area (Å²) >= 11 is 11.2. The van der Waals surface area contributed by atoms with Gasteiger partial charge in [-0.1, -0.05) is 23.2 Å². The Labute approximate surface area is 179 Å². The van der Waals surface area contributed by atoms with Crippen molar-refractivity contribution >= 4 is 62.7 Å². The van der Waals surface area contributed by atoms with E-state index in [9.17, 15) is 30.0 Å². The lowest BCUT2D eigenvalue weighted by Gasteiger charge is -2.07. The van der Waals surface area contributed by atoms with E-state index in [0.717, 1.165) is 0 Å². The van der Waals surface area contributed by atoms with Gasteiger partial charge in [0.25, 0.3) is 18.1 Å². The fraction of sp³-hybridized carbons (Fsp3) is 0.200. The fourth-order valence-corrected chi connectivity index (χ4v) is 4.90. The largest absolute Gasteiger partial charge is 0.416 e. The number of rotatable bonds is 2. The zero-order valence-electron chi connectivity index (χ0n) is 14.0. The number of hydrogen-bond donors (Lipinski definition) is 0. The van der Waals surface area contributed by atoms with Gasteiger partial charge in [-0.15, -0.1) is 0 Å². The minimum absolute atomic E-state index is 0.121. The molecular weight excluding hydrogens is 507 g/mol. The van der Waals surface area contributed by atoms with E-state index >= 15 is 0 Å². The summed E-state index contributed by atoms with van der Waals surface area (Å²) in [4.78, 5) is -0.421. The summed E-state index contributed by atoms with van der Waals surface area (Å²) in [5.74, 6) is 0. The molecule has 0 aliphatic carbocycles. The number of aryl methyl sites for hydroxylation is 2. The molecule has 0 spiro atoms. The highest BCUT2D eigenvalue weighted by molar-refractivity contribution is 8.14. The predicted molar refractivity (Wildman–Crippen MR) is 103 cm³/mol. The van der Waals surface area contributed by atoms with Gasteiger partial charge in [0.15, 0.2) is 0 Å². The zero-order valence-corrected chi connectivity index (χ0v) is 18.6. The van der Waals surface area contributed by atoms with E-state index in [2.05, 4.69) is 0 Å². The normalized spacial score (nSPS) is 12.3. The van der Waals surface area contributed by atoms with Gasteiger partial charge in [-0.3, -0.25) is 0 Å². The Morgan fingerprint density at radius 2 is 1.25 bits per heavy atom. The number of alkyl halides is 3. The monoisotopic (exact) mass is 516 g/mol. The number of benzene rings is 2. The first-order valence-corrected chi connectivity index (χ1v) is 12.3. The molecule has 2 aromatic carbocycles. The molecule has 0 saturated carbocycles. The van der Waals surface area contributed by atoms with E-state index in [1.165, 1.54) is 6.07 Å². The topological polar surface area (TPSA) is 68.3 Å². The molecule has 0 aliphatic heterocycles. The molecule has 0 saturated heterocycles. The zero-order chi connectivity index (χ0) is 22.1. The first-order valence-electron chi connectivity index (χ1n) is 6.97. The number of halogens is 7. The summed E-state index contributed by atoms with van der Waals surface area (Å²) in [6, 6.07) is 4.89. The molecule has 28 heavy (non-hydrogen) atoms. The Morgan fingerprint density at radius 3 is 1.64 bits per heavy atom. The standard InChI is InChI=1S/C8H8Cl2O2S.C7H3Cl2F3O2S/c1-5-4-8(13(10,11)12)6(2)3-7(5)9;8-5-3-4(7(10,11)12)1-2-6(5)15(9,13)14/h3-4H,1-2H3;1-3H. The molecule has 0 fully saturated rings. The van der Waals surface area contributed by atoms with Gasteiger partial charge in [-0.05, 0) is 55.3 Å². The molecule has 0 aromatic heterocycles. The van der Waals surface area contributed by atoms with Crippen LogP contribution in [0, 0.1) is 13.8 Å². The molecule has 156 valence electrons. The van der Waals surface area contributed by atoms with Crippen LogP contribution in [0.1, 0.15) is 16.7 Å². The highest BCUT2D eigenvalue weighted by Crippen LogP contribution is 2.34.